The van der Waals surface area contributed by atoms with Gasteiger partial charge in [-0.2, -0.15) is 0 Å². The van der Waals surface area contributed by atoms with Gasteiger partial charge in [0.25, 0.3) is 0 Å². The van der Waals surface area contributed by atoms with Gasteiger partial charge in [0.1, 0.15) is 6.04 Å². The van der Waals surface area contributed by atoms with Crippen molar-refractivity contribution in [2.24, 2.45) is 5.92 Å². The number of fused-ring (bicyclic) bond motifs is 1. The number of anilines is 1. The number of thiazole rings is 1. The molecule has 152 valence electrons. The molecule has 1 unspecified atom stereocenters. The van der Waals surface area contributed by atoms with Gasteiger partial charge < -0.3 is 15.5 Å². The van der Waals surface area contributed by atoms with E-state index in [1.807, 2.05) is 0 Å². The zero-order valence-electron chi connectivity index (χ0n) is 15.1. The van der Waals surface area contributed by atoms with Gasteiger partial charge in [-0.05, 0) is 24.5 Å². The number of aromatic nitrogens is 1. The summed E-state index contributed by atoms with van der Waals surface area (Å²) in [7, 11) is 0. The average molecular weight is 448 g/mol. The van der Waals surface area contributed by atoms with Crippen LogP contribution in [0.4, 0.5) is 9.93 Å². The van der Waals surface area contributed by atoms with Gasteiger partial charge in [-0.25, -0.2) is 14.6 Å². The smallest absolute Gasteiger partial charge is 0.408 e. The molecular formula is C17H19Cl2N3O5S. The lowest BCUT2D eigenvalue weighted by Gasteiger charge is -2.27. The number of benzene rings is 1. The van der Waals surface area contributed by atoms with E-state index in [2.05, 4.69) is 10.3 Å². The Morgan fingerprint density at radius 3 is 2.43 bits per heavy atom. The molecule has 0 spiro atoms. The average Bonchev–Trinajstić information content (AvgIpc) is 2.94. The second-order valence-electron chi connectivity index (χ2n) is 6.51. The number of nitrogens with zero attached hydrogens (tertiary/aromatic N) is 2. The molecule has 3 N–H and O–H groups in total. The minimum absolute atomic E-state index is 0.0156. The van der Waals surface area contributed by atoms with Crippen LogP contribution in [0.2, 0.25) is 10.0 Å². The number of amides is 2. The van der Waals surface area contributed by atoms with Crippen LogP contribution >= 0.6 is 34.5 Å². The summed E-state index contributed by atoms with van der Waals surface area (Å²) in [6, 6.07) is 2.01. The molecule has 0 aliphatic rings. The third-order valence-electron chi connectivity index (χ3n) is 3.86. The normalized spacial score (nSPS) is 12.2. The number of carboxylic acid groups (broad SMARTS) is 2. The molecule has 11 heteroatoms. The number of carbonyl (C=O) groups is 3. The molecule has 0 aliphatic heterocycles. The van der Waals surface area contributed by atoms with Gasteiger partial charge in [-0.3, -0.25) is 9.69 Å². The third-order valence-corrected chi connectivity index (χ3v) is 5.51. The van der Waals surface area contributed by atoms with Crippen LogP contribution in [0.3, 0.4) is 0 Å². The van der Waals surface area contributed by atoms with Crippen LogP contribution in [0.25, 0.3) is 10.2 Å². The molecule has 8 nitrogen and oxygen atoms in total. The number of aliphatic carboxylic acids is 1. The van der Waals surface area contributed by atoms with Gasteiger partial charge in [0.2, 0.25) is 5.91 Å². The second kappa shape index (κ2) is 9.40. The number of nitrogens with one attached hydrogen (secondary N) is 1. The summed E-state index contributed by atoms with van der Waals surface area (Å²) in [5.74, 6) is -1.73. The molecule has 1 atom stereocenters. The van der Waals surface area contributed by atoms with Gasteiger partial charge in [-0.1, -0.05) is 48.4 Å². The van der Waals surface area contributed by atoms with Crippen LogP contribution in [-0.2, 0) is 9.59 Å². The Kier molecular flexibility index (Phi) is 7.45. The molecular weight excluding hydrogens is 429 g/mol. The summed E-state index contributed by atoms with van der Waals surface area (Å²) in [5.41, 5.74) is 0.574. The Labute approximate surface area is 175 Å². The zero-order valence-corrected chi connectivity index (χ0v) is 17.4. The maximum atomic E-state index is 12.2. The van der Waals surface area contributed by atoms with Crippen molar-refractivity contribution in [2.45, 2.75) is 32.7 Å². The number of hydrogen-bond donors (Lipinski definition) is 3. The van der Waals surface area contributed by atoms with Crippen molar-refractivity contribution in [1.29, 1.82) is 0 Å². The summed E-state index contributed by atoms with van der Waals surface area (Å²) < 4.78 is 0.736. The maximum Gasteiger partial charge on any atom is 0.408 e. The first kappa shape index (κ1) is 22.2. The molecule has 0 saturated heterocycles. The third kappa shape index (κ3) is 5.70. The summed E-state index contributed by atoms with van der Waals surface area (Å²) in [5, 5.41) is 22.3. The largest absolute Gasteiger partial charge is 0.480 e. The van der Waals surface area contributed by atoms with E-state index in [1.54, 1.807) is 26.0 Å². The summed E-state index contributed by atoms with van der Waals surface area (Å²) in [4.78, 5) is 40.1. The zero-order chi connectivity index (χ0) is 21.0. The quantitative estimate of drug-likeness (QED) is 0.550. The van der Waals surface area contributed by atoms with Crippen molar-refractivity contribution in [3.05, 3.63) is 22.2 Å². The first-order valence-electron chi connectivity index (χ1n) is 8.36. The van der Waals surface area contributed by atoms with Crippen LogP contribution in [-0.4, -0.2) is 50.7 Å². The Morgan fingerprint density at radius 1 is 1.21 bits per heavy atom. The number of hydrogen-bond acceptors (Lipinski definition) is 5. The van der Waals surface area contributed by atoms with Gasteiger partial charge in [0.15, 0.2) is 5.13 Å². The number of carbonyl (C=O) groups excluding carboxylic acids is 1. The van der Waals surface area contributed by atoms with Crippen molar-refractivity contribution < 1.29 is 24.6 Å². The van der Waals surface area contributed by atoms with E-state index in [4.69, 9.17) is 23.2 Å². The molecule has 2 aromatic rings. The summed E-state index contributed by atoms with van der Waals surface area (Å²) in [6.07, 6.45) is -1.43. The fraction of sp³-hybridized carbons (Fsp3) is 0.412. The Hall–Kier alpha value is -2.10. The highest BCUT2D eigenvalue weighted by Gasteiger charge is 2.30. The fourth-order valence-electron chi connectivity index (χ4n) is 2.57. The standard InChI is InChI=1S/C17H19Cl2N3O5S/c1-8(2)5-12(15(24)25)22(17(26)27)4-3-14(23)21-16-20-11-6-9(18)10(19)7-13(11)28-16/h6-8,12H,3-5H2,1-2H3,(H,24,25)(H,26,27)(H,20,21,23). The second-order valence-corrected chi connectivity index (χ2v) is 8.36. The lowest BCUT2D eigenvalue weighted by Crippen LogP contribution is -2.46. The minimum atomic E-state index is -1.38. The van der Waals surface area contributed by atoms with Gasteiger partial charge in [0, 0.05) is 13.0 Å². The molecule has 0 aliphatic carbocycles. The predicted octanol–water partition coefficient (Wildman–Crippen LogP) is 4.41. The van der Waals surface area contributed by atoms with E-state index in [0.717, 1.165) is 9.60 Å². The SMILES string of the molecule is CC(C)CC(C(=O)O)N(CCC(=O)Nc1nc2cc(Cl)c(Cl)cc2s1)C(=O)O. The molecule has 0 fully saturated rings. The fourth-order valence-corrected chi connectivity index (χ4v) is 3.86. The first-order valence-corrected chi connectivity index (χ1v) is 9.93. The predicted molar refractivity (Wildman–Crippen MR) is 108 cm³/mol. The molecule has 1 aromatic carbocycles. The molecule has 1 heterocycles. The maximum absolute atomic E-state index is 12.2. The summed E-state index contributed by atoms with van der Waals surface area (Å²) in [6.45, 7) is 3.36. The van der Waals surface area contributed by atoms with Crippen LogP contribution in [0.5, 0.6) is 0 Å². The van der Waals surface area contributed by atoms with Crippen molar-refractivity contribution in [3.63, 3.8) is 0 Å². The Morgan fingerprint density at radius 2 is 1.86 bits per heavy atom. The molecule has 0 bridgehead atoms. The van der Waals surface area contributed by atoms with E-state index in [9.17, 15) is 24.6 Å². The molecule has 1 aromatic heterocycles. The minimum Gasteiger partial charge on any atom is -0.480 e. The van der Waals surface area contributed by atoms with E-state index < -0.39 is 24.0 Å². The van der Waals surface area contributed by atoms with E-state index in [1.165, 1.54) is 11.3 Å². The van der Waals surface area contributed by atoms with Gasteiger partial charge in [-0.15, -0.1) is 0 Å². The highest BCUT2D eigenvalue weighted by Crippen LogP contribution is 2.33. The van der Waals surface area contributed by atoms with Gasteiger partial charge in [0.05, 0.1) is 20.3 Å². The lowest BCUT2D eigenvalue weighted by atomic mass is 10.0. The molecule has 0 radical (unpaired) electrons. The molecule has 0 saturated carbocycles. The highest BCUT2D eigenvalue weighted by molar-refractivity contribution is 7.22. The van der Waals surface area contributed by atoms with Crippen molar-refractivity contribution in [2.75, 3.05) is 11.9 Å². The number of carboxylic acids is 1. The van der Waals surface area contributed by atoms with E-state index >= 15 is 0 Å². The van der Waals surface area contributed by atoms with Crippen molar-refractivity contribution in [1.82, 2.24) is 9.88 Å². The van der Waals surface area contributed by atoms with Crippen LogP contribution in [0.15, 0.2) is 12.1 Å². The number of rotatable bonds is 8. The van der Waals surface area contributed by atoms with E-state index in [-0.39, 0.29) is 25.3 Å². The van der Waals surface area contributed by atoms with Crippen LogP contribution < -0.4 is 5.32 Å². The van der Waals surface area contributed by atoms with Crippen LogP contribution in [0, 0.1) is 5.92 Å². The van der Waals surface area contributed by atoms with Crippen LogP contribution in [0.1, 0.15) is 26.7 Å². The lowest BCUT2D eigenvalue weighted by molar-refractivity contribution is -0.143. The highest BCUT2D eigenvalue weighted by atomic mass is 35.5. The van der Waals surface area contributed by atoms with Crippen molar-refractivity contribution >= 4 is 67.9 Å². The molecule has 2 rings (SSSR count). The van der Waals surface area contributed by atoms with E-state index in [0.29, 0.717) is 20.7 Å². The Balaban J connectivity index is 2.04. The monoisotopic (exact) mass is 447 g/mol. The first-order chi connectivity index (χ1) is 13.1. The topological polar surface area (TPSA) is 120 Å². The molecule has 2 amide bonds. The number of halogens is 2. The molecule has 28 heavy (non-hydrogen) atoms. The van der Waals surface area contributed by atoms with Gasteiger partial charge >= 0.3 is 12.1 Å². The van der Waals surface area contributed by atoms with Crippen molar-refractivity contribution in [3.8, 4) is 0 Å². The summed E-state index contributed by atoms with van der Waals surface area (Å²) >= 11 is 13.1. The Bertz CT molecular complexity index is 863.